The van der Waals surface area contributed by atoms with Crippen LogP contribution in [0, 0.1) is 20.8 Å². The fraction of sp³-hybridized carbons (Fsp3) is 0.286. The highest BCUT2D eigenvalue weighted by Crippen LogP contribution is 2.21. The van der Waals surface area contributed by atoms with Crippen molar-refractivity contribution >= 4 is 28.4 Å². The fourth-order valence-electron chi connectivity index (χ4n) is 3.23. The number of nitrogens with one attached hydrogen (secondary N) is 2. The number of aromatic nitrogens is 2. The Balaban J connectivity index is 1.89. The van der Waals surface area contributed by atoms with E-state index in [4.69, 9.17) is 4.74 Å². The van der Waals surface area contributed by atoms with Crippen LogP contribution < -0.4 is 5.43 Å². The summed E-state index contributed by atoms with van der Waals surface area (Å²) in [6, 6.07) is 9.97. The zero-order valence-electron chi connectivity index (χ0n) is 16.3. The number of fused-ring (bicyclic) bond motifs is 1. The second kappa shape index (κ2) is 7.61. The number of hydrogen-bond donors (Lipinski definition) is 2. The normalized spacial score (nSPS) is 11.7. The van der Waals surface area contributed by atoms with Gasteiger partial charge in [0, 0.05) is 11.1 Å². The molecular weight excluding hydrogens is 340 g/mol. The molecule has 0 radical (unpaired) electrons. The molecule has 27 heavy (non-hydrogen) atoms. The molecule has 0 fully saturated rings. The molecule has 0 aliphatic rings. The highest BCUT2D eigenvalue weighted by atomic mass is 16.5. The Bertz CT molecular complexity index is 1030. The van der Waals surface area contributed by atoms with Gasteiger partial charge in [0.25, 0.3) is 0 Å². The average molecular weight is 364 g/mol. The summed E-state index contributed by atoms with van der Waals surface area (Å²) < 4.78 is 5.14. The molecule has 6 nitrogen and oxygen atoms in total. The topological polar surface area (TPSA) is 79.4 Å². The maximum atomic E-state index is 12.2. The largest absolute Gasteiger partial charge is 0.462 e. The number of aryl methyl sites for hydroxylation is 2. The van der Waals surface area contributed by atoms with E-state index in [1.54, 1.807) is 6.92 Å². The maximum absolute atomic E-state index is 12.2. The summed E-state index contributed by atoms with van der Waals surface area (Å²) >= 11 is 0. The van der Waals surface area contributed by atoms with Crippen LogP contribution in [0.2, 0.25) is 0 Å². The van der Waals surface area contributed by atoms with Crippen molar-refractivity contribution in [3.63, 3.8) is 0 Å². The maximum Gasteiger partial charge on any atom is 0.340 e. The molecule has 2 aromatic heterocycles. The Morgan fingerprint density at radius 3 is 2.74 bits per heavy atom. The van der Waals surface area contributed by atoms with E-state index in [2.05, 4.69) is 33.5 Å². The van der Waals surface area contributed by atoms with Gasteiger partial charge >= 0.3 is 5.97 Å². The third kappa shape index (κ3) is 3.69. The zero-order valence-corrected chi connectivity index (χ0v) is 16.3. The van der Waals surface area contributed by atoms with Crippen molar-refractivity contribution in [2.45, 2.75) is 34.6 Å². The molecule has 0 aliphatic heterocycles. The molecule has 140 valence electrons. The first-order chi connectivity index (χ1) is 12.9. The Morgan fingerprint density at radius 1 is 1.26 bits per heavy atom. The molecule has 0 aliphatic carbocycles. The van der Waals surface area contributed by atoms with E-state index in [1.807, 2.05) is 45.0 Å². The van der Waals surface area contributed by atoms with Crippen LogP contribution >= 0.6 is 0 Å². The van der Waals surface area contributed by atoms with Crippen molar-refractivity contribution in [3.05, 3.63) is 58.4 Å². The van der Waals surface area contributed by atoms with Gasteiger partial charge in [0.1, 0.15) is 5.82 Å². The predicted octanol–water partition coefficient (Wildman–Crippen LogP) is 4.50. The van der Waals surface area contributed by atoms with Crippen LogP contribution in [0.1, 0.15) is 46.7 Å². The van der Waals surface area contributed by atoms with Gasteiger partial charge in [-0.1, -0.05) is 18.2 Å². The molecular formula is C21H24N4O2. The molecule has 0 atom stereocenters. The minimum absolute atomic E-state index is 0.317. The van der Waals surface area contributed by atoms with Crippen molar-refractivity contribution in [2.75, 3.05) is 12.0 Å². The predicted molar refractivity (Wildman–Crippen MR) is 109 cm³/mol. The zero-order chi connectivity index (χ0) is 19.6. The smallest absolute Gasteiger partial charge is 0.340 e. The van der Waals surface area contributed by atoms with Gasteiger partial charge in [-0.2, -0.15) is 5.10 Å². The van der Waals surface area contributed by atoms with Crippen LogP contribution in [-0.4, -0.2) is 28.3 Å². The number of benzene rings is 1. The van der Waals surface area contributed by atoms with E-state index in [0.717, 1.165) is 39.1 Å². The van der Waals surface area contributed by atoms with E-state index in [1.165, 1.54) is 0 Å². The number of ether oxygens (including phenoxy) is 1. The Kier molecular flexibility index (Phi) is 5.26. The molecule has 0 unspecified atom stereocenters. The minimum Gasteiger partial charge on any atom is -0.462 e. The van der Waals surface area contributed by atoms with Gasteiger partial charge in [0.2, 0.25) is 0 Å². The number of anilines is 1. The van der Waals surface area contributed by atoms with Crippen molar-refractivity contribution < 1.29 is 9.53 Å². The molecule has 0 saturated heterocycles. The summed E-state index contributed by atoms with van der Waals surface area (Å²) in [5.74, 6) is 0.361. The monoisotopic (exact) mass is 364 g/mol. The summed E-state index contributed by atoms with van der Waals surface area (Å²) in [7, 11) is 0. The second-order valence-electron chi connectivity index (χ2n) is 6.50. The standard InChI is InChI=1S/C21H24N4O2/c1-6-27-21(26)19-13(3)20(22-14(19)4)15(5)24-25-18-11-12(2)16-9-7-8-10-17(16)23-18/h7-11,22H,6H2,1-5H3,(H,23,25). The van der Waals surface area contributed by atoms with Gasteiger partial charge in [0.05, 0.1) is 29.1 Å². The van der Waals surface area contributed by atoms with Crippen LogP contribution in [0.15, 0.2) is 35.4 Å². The van der Waals surface area contributed by atoms with Crippen molar-refractivity contribution in [1.29, 1.82) is 0 Å². The van der Waals surface area contributed by atoms with Gasteiger partial charge in [-0.15, -0.1) is 0 Å². The number of nitrogens with zero attached hydrogens (tertiary/aromatic N) is 2. The van der Waals surface area contributed by atoms with E-state index in [0.29, 0.717) is 18.0 Å². The first-order valence-electron chi connectivity index (χ1n) is 8.95. The Morgan fingerprint density at radius 2 is 2.00 bits per heavy atom. The molecule has 0 spiro atoms. The Hall–Kier alpha value is -3.15. The summed E-state index contributed by atoms with van der Waals surface area (Å²) in [5.41, 5.74) is 8.79. The number of rotatable bonds is 5. The molecule has 0 saturated carbocycles. The number of para-hydroxylation sites is 1. The number of hydrogen-bond acceptors (Lipinski definition) is 5. The molecule has 3 aromatic rings. The number of carbonyl (C=O) groups is 1. The van der Waals surface area contributed by atoms with Gasteiger partial charge in [-0.3, -0.25) is 5.43 Å². The Labute approximate surface area is 158 Å². The summed E-state index contributed by atoms with van der Waals surface area (Å²) in [4.78, 5) is 20.0. The summed E-state index contributed by atoms with van der Waals surface area (Å²) in [5, 5.41) is 5.58. The van der Waals surface area contributed by atoms with Crippen molar-refractivity contribution in [3.8, 4) is 0 Å². The highest BCUT2D eigenvalue weighted by Gasteiger charge is 2.20. The highest BCUT2D eigenvalue weighted by molar-refractivity contribution is 6.03. The van der Waals surface area contributed by atoms with Gasteiger partial charge in [0.15, 0.2) is 0 Å². The number of aromatic amines is 1. The molecule has 2 N–H and O–H groups in total. The molecule has 1 aromatic carbocycles. The van der Waals surface area contributed by atoms with Crippen LogP contribution in [0.3, 0.4) is 0 Å². The number of esters is 1. The number of carbonyl (C=O) groups excluding carboxylic acids is 1. The lowest BCUT2D eigenvalue weighted by molar-refractivity contribution is 0.0525. The fourth-order valence-corrected chi connectivity index (χ4v) is 3.23. The van der Waals surface area contributed by atoms with Gasteiger partial charge in [-0.25, -0.2) is 9.78 Å². The lowest BCUT2D eigenvalue weighted by Gasteiger charge is -2.07. The van der Waals surface area contributed by atoms with E-state index in [-0.39, 0.29) is 5.97 Å². The SMILES string of the molecule is CCOC(=O)c1c(C)[nH]c(C(C)=NNc2cc(C)c3ccccc3n2)c1C. The molecule has 0 amide bonds. The van der Waals surface area contributed by atoms with E-state index < -0.39 is 0 Å². The first kappa shape index (κ1) is 18.6. The second-order valence-corrected chi connectivity index (χ2v) is 6.50. The van der Waals surface area contributed by atoms with Crippen LogP contribution in [-0.2, 0) is 4.74 Å². The first-order valence-corrected chi connectivity index (χ1v) is 8.95. The minimum atomic E-state index is -0.317. The number of H-pyrrole nitrogens is 1. The average Bonchev–Trinajstić information content (AvgIpc) is 2.94. The van der Waals surface area contributed by atoms with Gasteiger partial charge < -0.3 is 9.72 Å². The molecule has 0 bridgehead atoms. The van der Waals surface area contributed by atoms with E-state index >= 15 is 0 Å². The third-order valence-corrected chi connectivity index (χ3v) is 4.54. The van der Waals surface area contributed by atoms with E-state index in [9.17, 15) is 4.79 Å². The van der Waals surface area contributed by atoms with Crippen molar-refractivity contribution in [1.82, 2.24) is 9.97 Å². The summed E-state index contributed by atoms with van der Waals surface area (Å²) in [6.45, 7) is 9.83. The van der Waals surface area contributed by atoms with Crippen molar-refractivity contribution in [2.24, 2.45) is 5.10 Å². The molecule has 3 rings (SSSR count). The van der Waals surface area contributed by atoms with Gasteiger partial charge in [-0.05, 0) is 57.9 Å². The molecule has 2 heterocycles. The van der Waals surface area contributed by atoms with Crippen LogP contribution in [0.5, 0.6) is 0 Å². The summed E-state index contributed by atoms with van der Waals surface area (Å²) in [6.07, 6.45) is 0. The number of pyridine rings is 1. The molecule has 6 heteroatoms. The van der Waals surface area contributed by atoms with Crippen LogP contribution in [0.4, 0.5) is 5.82 Å². The lowest BCUT2D eigenvalue weighted by atomic mass is 10.1. The number of hydrazone groups is 1. The quantitative estimate of drug-likeness (QED) is 0.397. The lowest BCUT2D eigenvalue weighted by Crippen LogP contribution is -2.07. The third-order valence-electron chi connectivity index (χ3n) is 4.54. The van der Waals surface area contributed by atoms with Crippen LogP contribution in [0.25, 0.3) is 10.9 Å².